The smallest absolute Gasteiger partial charge is 0.283 e. The molecule has 23 heavy (non-hydrogen) atoms. The van der Waals surface area contributed by atoms with Gasteiger partial charge >= 0.3 is 0 Å². The highest BCUT2D eigenvalue weighted by Crippen LogP contribution is 2.30. The molecule has 2 atom stereocenters. The lowest BCUT2D eigenvalue weighted by molar-refractivity contribution is -0.122. The number of carbonyl (C=O) groups excluding carboxylic acids is 1. The second kappa shape index (κ2) is 6.22. The Kier molecular flexibility index (Phi) is 4.44. The molecule has 1 aromatic rings. The summed E-state index contributed by atoms with van der Waals surface area (Å²) in [6.45, 7) is 2.64. The van der Waals surface area contributed by atoms with Crippen LogP contribution in [0.1, 0.15) is 37.3 Å². The zero-order valence-corrected chi connectivity index (χ0v) is 14.1. The van der Waals surface area contributed by atoms with Gasteiger partial charge in [0.15, 0.2) is 0 Å². The highest BCUT2D eigenvalue weighted by Gasteiger charge is 2.42. The van der Waals surface area contributed by atoms with Crippen LogP contribution in [0.25, 0.3) is 0 Å². The molecule has 2 aliphatic rings. The summed E-state index contributed by atoms with van der Waals surface area (Å²) in [4.78, 5) is 11.9. The molecule has 2 N–H and O–H groups in total. The Hall–Kier alpha value is -1.44. The van der Waals surface area contributed by atoms with Gasteiger partial charge in [-0.2, -0.15) is 17.0 Å². The van der Waals surface area contributed by atoms with Gasteiger partial charge in [-0.15, -0.1) is 0 Å². The minimum atomic E-state index is -3.71. The maximum atomic E-state index is 13.1. The number of amides is 1. The van der Waals surface area contributed by atoms with Crippen LogP contribution >= 0.6 is 0 Å². The van der Waals surface area contributed by atoms with E-state index in [1.807, 2.05) is 31.2 Å². The Balaban J connectivity index is 1.97. The van der Waals surface area contributed by atoms with Crippen molar-refractivity contribution in [1.29, 1.82) is 0 Å². The van der Waals surface area contributed by atoms with Crippen molar-refractivity contribution in [2.75, 3.05) is 6.54 Å². The minimum Gasteiger partial charge on any atom is -0.368 e. The molecule has 6 nitrogen and oxygen atoms in total. The summed E-state index contributed by atoms with van der Waals surface area (Å²) in [6, 6.07) is 6.77. The second-order valence-corrected chi connectivity index (χ2v) is 8.23. The molecule has 3 rings (SSSR count). The van der Waals surface area contributed by atoms with Crippen LogP contribution < -0.4 is 5.73 Å². The van der Waals surface area contributed by atoms with Gasteiger partial charge in [0.1, 0.15) is 6.04 Å². The van der Waals surface area contributed by atoms with E-state index in [2.05, 4.69) is 0 Å². The van der Waals surface area contributed by atoms with Crippen molar-refractivity contribution in [3.8, 4) is 0 Å². The standard InChI is InChI=1S/C16H23N3O3S/c1-12-6-4-5-9-18(12)23(21,22)19-11-14-8-3-2-7-13(14)10-15(19)16(17)20/h2-3,7-8,12,15H,4-6,9-11H2,1H3,(H2,17,20)/t12-,15-/m0/s1. The lowest BCUT2D eigenvalue weighted by Gasteiger charge is -2.40. The molecule has 0 unspecified atom stereocenters. The fraction of sp³-hybridized carbons (Fsp3) is 0.562. The molecule has 0 saturated carbocycles. The average Bonchev–Trinajstić information content (AvgIpc) is 2.53. The molecular weight excluding hydrogens is 314 g/mol. The highest BCUT2D eigenvalue weighted by atomic mass is 32.2. The van der Waals surface area contributed by atoms with Crippen molar-refractivity contribution in [2.45, 2.75) is 51.2 Å². The van der Waals surface area contributed by atoms with Crippen LogP contribution in [0.4, 0.5) is 0 Å². The van der Waals surface area contributed by atoms with E-state index in [-0.39, 0.29) is 12.6 Å². The zero-order valence-electron chi connectivity index (χ0n) is 13.3. The molecule has 126 valence electrons. The number of benzene rings is 1. The van der Waals surface area contributed by atoms with Crippen LogP contribution in [0.2, 0.25) is 0 Å². The second-order valence-electron chi connectivity index (χ2n) is 6.40. The lowest BCUT2D eigenvalue weighted by Crippen LogP contribution is -2.57. The van der Waals surface area contributed by atoms with E-state index >= 15 is 0 Å². The van der Waals surface area contributed by atoms with Crippen molar-refractivity contribution < 1.29 is 13.2 Å². The van der Waals surface area contributed by atoms with Crippen LogP contribution in [0, 0.1) is 0 Å². The van der Waals surface area contributed by atoms with Crippen LogP contribution in [-0.4, -0.2) is 41.6 Å². The normalized spacial score (nSPS) is 26.7. The Bertz CT molecular complexity index is 704. The van der Waals surface area contributed by atoms with Gasteiger partial charge in [0.2, 0.25) is 5.91 Å². The van der Waals surface area contributed by atoms with E-state index in [0.29, 0.717) is 13.0 Å². The zero-order chi connectivity index (χ0) is 16.6. The Morgan fingerprint density at radius 1 is 1.17 bits per heavy atom. The van der Waals surface area contributed by atoms with Crippen LogP contribution in [-0.2, 0) is 28.0 Å². The number of primary amides is 1. The Morgan fingerprint density at radius 3 is 2.52 bits per heavy atom. The first-order valence-electron chi connectivity index (χ1n) is 8.06. The fourth-order valence-corrected chi connectivity index (χ4v) is 5.52. The number of nitrogens with two attached hydrogens (primary N) is 1. The van der Waals surface area contributed by atoms with Crippen molar-refractivity contribution in [1.82, 2.24) is 8.61 Å². The molecule has 0 aliphatic carbocycles. The predicted octanol–water partition coefficient (Wildman–Crippen LogP) is 1.02. The van der Waals surface area contributed by atoms with E-state index in [1.165, 1.54) is 8.61 Å². The molecule has 1 saturated heterocycles. The maximum Gasteiger partial charge on any atom is 0.283 e. The molecule has 1 fully saturated rings. The Morgan fingerprint density at radius 2 is 1.87 bits per heavy atom. The van der Waals surface area contributed by atoms with Gasteiger partial charge in [0.25, 0.3) is 10.2 Å². The third-order valence-corrected chi connectivity index (χ3v) is 6.98. The lowest BCUT2D eigenvalue weighted by atomic mass is 9.96. The first-order valence-corrected chi connectivity index (χ1v) is 9.45. The Labute approximate surface area is 137 Å². The van der Waals surface area contributed by atoms with Gasteiger partial charge < -0.3 is 5.73 Å². The van der Waals surface area contributed by atoms with Gasteiger partial charge in [-0.05, 0) is 37.3 Å². The van der Waals surface area contributed by atoms with E-state index in [9.17, 15) is 13.2 Å². The highest BCUT2D eigenvalue weighted by molar-refractivity contribution is 7.86. The van der Waals surface area contributed by atoms with E-state index in [1.54, 1.807) is 0 Å². The SMILES string of the molecule is C[C@H]1CCCCN1S(=O)(=O)N1Cc2ccccc2C[C@H]1C(N)=O. The molecule has 0 bridgehead atoms. The maximum absolute atomic E-state index is 13.1. The summed E-state index contributed by atoms with van der Waals surface area (Å²) < 4.78 is 29.1. The number of hydrogen-bond donors (Lipinski definition) is 1. The summed E-state index contributed by atoms with van der Waals surface area (Å²) in [5, 5.41) is 0. The molecular formula is C16H23N3O3S. The molecule has 2 aliphatic heterocycles. The minimum absolute atomic E-state index is 0.0422. The third-order valence-electron chi connectivity index (χ3n) is 4.87. The van der Waals surface area contributed by atoms with Crippen molar-refractivity contribution in [2.24, 2.45) is 5.73 Å². The van der Waals surface area contributed by atoms with Crippen molar-refractivity contribution in [3.05, 3.63) is 35.4 Å². The molecule has 0 aromatic heterocycles. The monoisotopic (exact) mass is 337 g/mol. The number of rotatable bonds is 3. The van der Waals surface area contributed by atoms with Gasteiger partial charge in [-0.3, -0.25) is 4.79 Å². The summed E-state index contributed by atoms with van der Waals surface area (Å²) in [5.74, 6) is -0.590. The molecule has 1 amide bonds. The largest absolute Gasteiger partial charge is 0.368 e. The molecule has 7 heteroatoms. The quantitative estimate of drug-likeness (QED) is 0.894. The predicted molar refractivity (Wildman–Crippen MR) is 87.6 cm³/mol. The fourth-order valence-electron chi connectivity index (χ4n) is 3.53. The summed E-state index contributed by atoms with van der Waals surface area (Å²) in [6.07, 6.45) is 3.09. The first kappa shape index (κ1) is 16.4. The third kappa shape index (κ3) is 3.00. The van der Waals surface area contributed by atoms with Gasteiger partial charge in [-0.25, -0.2) is 0 Å². The molecule has 1 aromatic carbocycles. The number of fused-ring (bicyclic) bond motifs is 1. The molecule has 2 heterocycles. The van der Waals surface area contributed by atoms with Gasteiger partial charge in [0.05, 0.1) is 0 Å². The summed E-state index contributed by atoms with van der Waals surface area (Å²) in [7, 11) is -3.71. The van der Waals surface area contributed by atoms with Crippen LogP contribution in [0.15, 0.2) is 24.3 Å². The van der Waals surface area contributed by atoms with Crippen LogP contribution in [0.5, 0.6) is 0 Å². The number of nitrogens with zero attached hydrogens (tertiary/aromatic N) is 2. The van der Waals surface area contributed by atoms with Crippen molar-refractivity contribution in [3.63, 3.8) is 0 Å². The number of hydrogen-bond acceptors (Lipinski definition) is 3. The van der Waals surface area contributed by atoms with Gasteiger partial charge in [-0.1, -0.05) is 30.7 Å². The summed E-state index contributed by atoms with van der Waals surface area (Å²) >= 11 is 0. The molecule has 0 spiro atoms. The topological polar surface area (TPSA) is 83.7 Å². The van der Waals surface area contributed by atoms with Crippen molar-refractivity contribution >= 4 is 16.1 Å². The summed E-state index contributed by atoms with van der Waals surface area (Å²) in [5.41, 5.74) is 7.45. The van der Waals surface area contributed by atoms with Gasteiger partial charge in [0, 0.05) is 19.1 Å². The number of piperidine rings is 1. The first-order chi connectivity index (χ1) is 10.9. The average molecular weight is 337 g/mol. The van der Waals surface area contributed by atoms with Crippen LogP contribution in [0.3, 0.4) is 0 Å². The van der Waals surface area contributed by atoms with E-state index in [0.717, 1.165) is 30.4 Å². The van der Waals surface area contributed by atoms with E-state index < -0.39 is 22.2 Å². The van der Waals surface area contributed by atoms with E-state index in [4.69, 9.17) is 5.73 Å². The number of carbonyl (C=O) groups is 1. The molecule has 0 radical (unpaired) electrons.